The lowest BCUT2D eigenvalue weighted by Crippen LogP contribution is -2.60. The highest BCUT2D eigenvalue weighted by Gasteiger charge is 2.37. The predicted octanol–water partition coefficient (Wildman–Crippen LogP) is 1.39. The molecule has 0 aromatic rings. The third kappa shape index (κ3) is 2.21. The molecule has 0 aromatic heterocycles. The molecule has 1 saturated heterocycles. The minimum absolute atomic E-state index is 0.131. The molecule has 1 aliphatic heterocycles. The molecular formula is C10H19IN2O. The zero-order valence-corrected chi connectivity index (χ0v) is 11.2. The quantitative estimate of drug-likeness (QED) is 0.588. The Labute approximate surface area is 99.5 Å². The van der Waals surface area contributed by atoms with E-state index in [4.69, 9.17) is 5.73 Å². The van der Waals surface area contributed by atoms with Crippen LogP contribution in [0.15, 0.2) is 0 Å². The Morgan fingerprint density at radius 2 is 2.14 bits per heavy atom. The van der Waals surface area contributed by atoms with Gasteiger partial charge in [-0.1, -0.05) is 22.6 Å². The van der Waals surface area contributed by atoms with E-state index in [1.807, 2.05) is 4.90 Å². The molecule has 1 heterocycles. The number of hydrogen-bond acceptors (Lipinski definition) is 2. The van der Waals surface area contributed by atoms with E-state index >= 15 is 0 Å². The monoisotopic (exact) mass is 310 g/mol. The number of alkyl halides is 1. The third-order valence-electron chi connectivity index (χ3n) is 3.22. The highest BCUT2D eigenvalue weighted by Crippen LogP contribution is 2.28. The molecule has 0 aliphatic carbocycles. The van der Waals surface area contributed by atoms with Crippen LogP contribution in [0.4, 0.5) is 0 Å². The molecule has 0 bridgehead atoms. The zero-order chi connectivity index (χ0) is 10.9. The fraction of sp³-hybridized carbons (Fsp3) is 0.900. The number of nitrogens with zero attached hydrogens (tertiary/aromatic N) is 1. The second-order valence-corrected chi connectivity index (χ2v) is 5.12. The first-order valence-electron chi connectivity index (χ1n) is 5.09. The molecule has 1 fully saturated rings. The van der Waals surface area contributed by atoms with E-state index in [1.54, 1.807) is 6.92 Å². The molecular weight excluding hydrogens is 291 g/mol. The van der Waals surface area contributed by atoms with Crippen LogP contribution in [0.5, 0.6) is 0 Å². The van der Waals surface area contributed by atoms with Gasteiger partial charge in [0.05, 0.1) is 0 Å². The number of rotatable bonds is 1. The second kappa shape index (κ2) is 4.79. The summed E-state index contributed by atoms with van der Waals surface area (Å²) in [5.41, 5.74) is 6.12. The maximum atomic E-state index is 11.4. The SMILES string of the molecule is CC(=O)N1C(C)CC(CI)C(N)C1C. The van der Waals surface area contributed by atoms with Gasteiger partial charge in [-0.3, -0.25) is 4.79 Å². The number of nitrogens with two attached hydrogens (primary N) is 1. The second-order valence-electron chi connectivity index (χ2n) is 4.24. The summed E-state index contributed by atoms with van der Waals surface area (Å²) in [6.07, 6.45) is 1.04. The lowest BCUT2D eigenvalue weighted by molar-refractivity contribution is -0.136. The van der Waals surface area contributed by atoms with Crippen LogP contribution in [-0.2, 0) is 4.79 Å². The van der Waals surface area contributed by atoms with Crippen molar-refractivity contribution in [1.29, 1.82) is 0 Å². The number of carbonyl (C=O) groups excluding carboxylic acids is 1. The van der Waals surface area contributed by atoms with E-state index in [0.717, 1.165) is 10.8 Å². The maximum Gasteiger partial charge on any atom is 0.219 e. The number of piperidine rings is 1. The molecule has 82 valence electrons. The molecule has 1 rings (SSSR count). The summed E-state index contributed by atoms with van der Waals surface area (Å²) in [6.45, 7) is 5.80. The largest absolute Gasteiger partial charge is 0.336 e. The van der Waals surface area contributed by atoms with Crippen LogP contribution in [0.1, 0.15) is 27.2 Å². The summed E-state index contributed by atoms with van der Waals surface area (Å²) in [6, 6.07) is 0.644. The Hall–Kier alpha value is 0.160. The van der Waals surface area contributed by atoms with Crippen LogP contribution >= 0.6 is 22.6 Å². The fourth-order valence-corrected chi connectivity index (χ4v) is 3.40. The van der Waals surface area contributed by atoms with Crippen LogP contribution in [-0.4, -0.2) is 33.4 Å². The number of hydrogen-bond donors (Lipinski definition) is 1. The smallest absolute Gasteiger partial charge is 0.219 e. The van der Waals surface area contributed by atoms with Crippen molar-refractivity contribution in [3.8, 4) is 0 Å². The molecule has 0 saturated carbocycles. The van der Waals surface area contributed by atoms with Crippen molar-refractivity contribution in [2.75, 3.05) is 4.43 Å². The lowest BCUT2D eigenvalue weighted by Gasteiger charge is -2.45. The Balaban J connectivity index is 2.79. The molecule has 14 heavy (non-hydrogen) atoms. The van der Waals surface area contributed by atoms with Gasteiger partial charge in [-0.15, -0.1) is 0 Å². The van der Waals surface area contributed by atoms with Crippen molar-refractivity contribution in [1.82, 2.24) is 4.90 Å². The highest BCUT2D eigenvalue weighted by atomic mass is 127. The number of likely N-dealkylation sites (tertiary alicyclic amines) is 1. The van der Waals surface area contributed by atoms with E-state index in [0.29, 0.717) is 12.0 Å². The predicted molar refractivity (Wildman–Crippen MR) is 66.4 cm³/mol. The van der Waals surface area contributed by atoms with Gasteiger partial charge in [-0.25, -0.2) is 0 Å². The van der Waals surface area contributed by atoms with Gasteiger partial charge in [-0.2, -0.15) is 0 Å². The van der Waals surface area contributed by atoms with Gasteiger partial charge >= 0.3 is 0 Å². The van der Waals surface area contributed by atoms with Gasteiger partial charge in [0.15, 0.2) is 0 Å². The molecule has 4 unspecified atom stereocenters. The van der Waals surface area contributed by atoms with Gasteiger partial charge in [0.25, 0.3) is 0 Å². The summed E-state index contributed by atoms with van der Waals surface area (Å²) in [4.78, 5) is 13.4. The third-order valence-corrected chi connectivity index (χ3v) is 4.35. The van der Waals surface area contributed by atoms with Crippen molar-refractivity contribution in [2.24, 2.45) is 11.7 Å². The van der Waals surface area contributed by atoms with Crippen molar-refractivity contribution < 1.29 is 4.79 Å². The molecule has 1 amide bonds. The zero-order valence-electron chi connectivity index (χ0n) is 9.03. The standard InChI is InChI=1S/C10H19IN2O/c1-6-4-9(5-11)10(12)7(2)13(6)8(3)14/h6-7,9-10H,4-5,12H2,1-3H3. The Morgan fingerprint density at radius 1 is 1.57 bits per heavy atom. The molecule has 4 atom stereocenters. The topological polar surface area (TPSA) is 46.3 Å². The molecule has 0 radical (unpaired) electrons. The van der Waals surface area contributed by atoms with E-state index in [9.17, 15) is 4.79 Å². The maximum absolute atomic E-state index is 11.4. The van der Waals surface area contributed by atoms with Gasteiger partial charge in [0.2, 0.25) is 5.91 Å². The van der Waals surface area contributed by atoms with Crippen molar-refractivity contribution >= 4 is 28.5 Å². The summed E-state index contributed by atoms with van der Waals surface area (Å²) in [5, 5.41) is 0. The van der Waals surface area contributed by atoms with Crippen LogP contribution in [0.25, 0.3) is 0 Å². The van der Waals surface area contributed by atoms with Gasteiger partial charge in [-0.05, 0) is 26.2 Å². The Bertz CT molecular complexity index is 222. The molecule has 2 N–H and O–H groups in total. The average Bonchev–Trinajstić information content (AvgIpc) is 2.10. The highest BCUT2D eigenvalue weighted by molar-refractivity contribution is 14.1. The number of amides is 1. The van der Waals surface area contributed by atoms with Crippen LogP contribution in [0.3, 0.4) is 0 Å². The van der Waals surface area contributed by atoms with E-state index in [2.05, 4.69) is 36.4 Å². The van der Waals surface area contributed by atoms with Gasteiger partial charge < -0.3 is 10.6 Å². The van der Waals surface area contributed by atoms with Gasteiger partial charge in [0, 0.05) is 29.5 Å². The number of halogens is 1. The van der Waals surface area contributed by atoms with Crippen LogP contribution in [0, 0.1) is 5.92 Å². The van der Waals surface area contributed by atoms with Gasteiger partial charge in [0.1, 0.15) is 0 Å². The summed E-state index contributed by atoms with van der Waals surface area (Å²) in [5.74, 6) is 0.698. The lowest BCUT2D eigenvalue weighted by atomic mass is 9.84. The first-order valence-corrected chi connectivity index (χ1v) is 6.62. The number of carbonyl (C=O) groups is 1. The molecule has 0 spiro atoms. The Kier molecular flexibility index (Phi) is 4.18. The average molecular weight is 310 g/mol. The summed E-state index contributed by atoms with van der Waals surface area (Å²) < 4.78 is 1.08. The van der Waals surface area contributed by atoms with Crippen LogP contribution < -0.4 is 5.73 Å². The molecule has 1 aliphatic rings. The van der Waals surface area contributed by atoms with E-state index in [-0.39, 0.29) is 18.0 Å². The molecule has 3 nitrogen and oxygen atoms in total. The fourth-order valence-electron chi connectivity index (χ4n) is 2.45. The molecule has 0 aromatic carbocycles. The van der Waals surface area contributed by atoms with E-state index < -0.39 is 0 Å². The Morgan fingerprint density at radius 3 is 2.57 bits per heavy atom. The van der Waals surface area contributed by atoms with Crippen LogP contribution in [0.2, 0.25) is 0 Å². The minimum Gasteiger partial charge on any atom is -0.336 e. The van der Waals surface area contributed by atoms with Crippen molar-refractivity contribution in [3.05, 3.63) is 0 Å². The molecule has 4 heteroatoms. The first-order chi connectivity index (χ1) is 6.49. The van der Waals surface area contributed by atoms with Crippen molar-refractivity contribution in [3.63, 3.8) is 0 Å². The minimum atomic E-state index is 0.131. The summed E-state index contributed by atoms with van der Waals surface area (Å²) in [7, 11) is 0. The first kappa shape index (κ1) is 12.2. The van der Waals surface area contributed by atoms with E-state index in [1.165, 1.54) is 0 Å². The summed E-state index contributed by atoms with van der Waals surface area (Å²) >= 11 is 2.38. The normalized spacial score (nSPS) is 38.5. The van der Waals surface area contributed by atoms with Crippen molar-refractivity contribution in [2.45, 2.75) is 45.3 Å².